The van der Waals surface area contributed by atoms with Crippen molar-refractivity contribution < 1.29 is 27.5 Å². The fourth-order valence-electron chi connectivity index (χ4n) is 2.82. The lowest BCUT2D eigenvalue weighted by Crippen LogP contribution is -2.23. The first-order valence-electron chi connectivity index (χ1n) is 9.29. The highest BCUT2D eigenvalue weighted by Crippen LogP contribution is 2.35. The van der Waals surface area contributed by atoms with Gasteiger partial charge < -0.3 is 9.30 Å². The number of benzene rings is 1. The normalized spacial score (nSPS) is 11.4. The number of hydrogen-bond acceptors (Lipinski definition) is 7. The van der Waals surface area contributed by atoms with E-state index in [1.807, 2.05) is 0 Å². The molecule has 2 heterocycles. The second kappa shape index (κ2) is 9.65. The Morgan fingerprint density at radius 2 is 1.97 bits per heavy atom. The van der Waals surface area contributed by atoms with Crippen LogP contribution in [0.1, 0.15) is 30.3 Å². The van der Waals surface area contributed by atoms with Crippen LogP contribution in [0.2, 0.25) is 0 Å². The summed E-state index contributed by atoms with van der Waals surface area (Å²) in [5.41, 5.74) is 0.255. The SMILES string of the molecule is CC(=O)N(c1cccc(C(F)(F)F)c1)c1nc(COC(=O)CCn2c(C)csc2=O)cs1. The molecule has 7 nitrogen and oxygen atoms in total. The Morgan fingerprint density at radius 3 is 2.59 bits per heavy atom. The number of thiazole rings is 2. The van der Waals surface area contributed by atoms with Gasteiger partial charge in [0.2, 0.25) is 5.91 Å². The maximum Gasteiger partial charge on any atom is 0.416 e. The molecule has 0 N–H and O–H groups in total. The summed E-state index contributed by atoms with van der Waals surface area (Å²) >= 11 is 2.09. The van der Waals surface area contributed by atoms with Crippen molar-refractivity contribution in [1.29, 1.82) is 0 Å². The molecule has 0 fully saturated rings. The van der Waals surface area contributed by atoms with Crippen molar-refractivity contribution in [3.63, 3.8) is 0 Å². The Bertz CT molecular complexity index is 1180. The Morgan fingerprint density at radius 1 is 1.22 bits per heavy atom. The van der Waals surface area contributed by atoms with E-state index in [0.29, 0.717) is 5.69 Å². The Hall–Kier alpha value is -2.99. The molecular weight excluding hydrogens is 467 g/mol. The number of amides is 1. The summed E-state index contributed by atoms with van der Waals surface area (Å²) < 4.78 is 45.7. The van der Waals surface area contributed by atoms with Crippen LogP contribution in [0.15, 0.2) is 39.8 Å². The largest absolute Gasteiger partial charge is 0.459 e. The van der Waals surface area contributed by atoms with Crippen LogP contribution in [0.5, 0.6) is 0 Å². The average Bonchev–Trinajstić information content (AvgIpc) is 3.31. The van der Waals surface area contributed by atoms with Crippen molar-refractivity contribution in [2.45, 2.75) is 39.6 Å². The Balaban J connectivity index is 1.66. The van der Waals surface area contributed by atoms with Crippen molar-refractivity contribution >= 4 is 45.4 Å². The maximum atomic E-state index is 13.0. The van der Waals surface area contributed by atoms with Gasteiger partial charge in [-0.2, -0.15) is 13.2 Å². The minimum Gasteiger partial charge on any atom is -0.459 e. The molecule has 0 aliphatic rings. The van der Waals surface area contributed by atoms with Gasteiger partial charge in [-0.1, -0.05) is 17.4 Å². The van der Waals surface area contributed by atoms with E-state index in [2.05, 4.69) is 4.98 Å². The highest BCUT2D eigenvalue weighted by molar-refractivity contribution is 7.14. The number of ether oxygens (including phenoxy) is 1. The summed E-state index contributed by atoms with van der Waals surface area (Å²) in [6, 6.07) is 4.38. The van der Waals surface area contributed by atoms with E-state index < -0.39 is 23.6 Å². The van der Waals surface area contributed by atoms with E-state index >= 15 is 0 Å². The lowest BCUT2D eigenvalue weighted by Gasteiger charge is -2.19. The maximum absolute atomic E-state index is 13.0. The Kier molecular flexibility index (Phi) is 7.14. The van der Waals surface area contributed by atoms with Gasteiger partial charge in [0.1, 0.15) is 6.61 Å². The zero-order chi connectivity index (χ0) is 23.5. The number of esters is 1. The first-order chi connectivity index (χ1) is 15.1. The third-order valence-electron chi connectivity index (χ3n) is 4.37. The topological polar surface area (TPSA) is 81.5 Å². The molecule has 0 unspecified atom stereocenters. The van der Waals surface area contributed by atoms with Crippen molar-refractivity contribution in [2.24, 2.45) is 0 Å². The van der Waals surface area contributed by atoms with Crippen molar-refractivity contribution in [1.82, 2.24) is 9.55 Å². The van der Waals surface area contributed by atoms with Crippen LogP contribution in [0.25, 0.3) is 0 Å². The molecule has 0 spiro atoms. The van der Waals surface area contributed by atoms with Gasteiger partial charge in [0.15, 0.2) is 5.13 Å². The fourth-order valence-corrected chi connectivity index (χ4v) is 4.45. The average molecular weight is 486 g/mol. The lowest BCUT2D eigenvalue weighted by molar-refractivity contribution is -0.145. The molecule has 0 aliphatic heterocycles. The van der Waals surface area contributed by atoms with Gasteiger partial charge >= 0.3 is 17.0 Å². The van der Waals surface area contributed by atoms with Gasteiger partial charge in [-0.25, -0.2) is 4.98 Å². The highest BCUT2D eigenvalue weighted by Gasteiger charge is 2.31. The number of anilines is 2. The van der Waals surface area contributed by atoms with Crippen molar-refractivity contribution in [3.05, 3.63) is 61.6 Å². The molecule has 0 atom stereocenters. The van der Waals surface area contributed by atoms with Crippen LogP contribution in [-0.4, -0.2) is 21.4 Å². The van der Waals surface area contributed by atoms with Crippen molar-refractivity contribution in [3.8, 4) is 0 Å². The molecular formula is C20H18F3N3O4S2. The number of aryl methyl sites for hydroxylation is 1. The smallest absolute Gasteiger partial charge is 0.416 e. The van der Waals surface area contributed by atoms with Gasteiger partial charge in [0.05, 0.1) is 23.4 Å². The molecule has 0 saturated carbocycles. The van der Waals surface area contributed by atoms with E-state index in [9.17, 15) is 27.6 Å². The van der Waals surface area contributed by atoms with Crippen molar-refractivity contribution in [2.75, 3.05) is 4.90 Å². The monoisotopic (exact) mass is 485 g/mol. The van der Waals surface area contributed by atoms with Crippen LogP contribution in [0.3, 0.4) is 0 Å². The molecule has 0 radical (unpaired) electrons. The number of aromatic nitrogens is 2. The number of rotatable bonds is 7. The predicted molar refractivity (Wildman–Crippen MR) is 114 cm³/mol. The number of carbonyl (C=O) groups is 2. The molecule has 3 aromatic rings. The molecule has 1 amide bonds. The first kappa shape index (κ1) is 23.7. The molecule has 0 aliphatic carbocycles. The van der Waals surface area contributed by atoms with E-state index in [-0.39, 0.29) is 35.3 Å². The highest BCUT2D eigenvalue weighted by atomic mass is 32.1. The Labute approximate surface area is 188 Å². The number of hydrogen-bond donors (Lipinski definition) is 0. The van der Waals surface area contributed by atoms with E-state index in [1.54, 1.807) is 17.7 Å². The molecule has 12 heteroatoms. The summed E-state index contributed by atoms with van der Waals surface area (Å²) in [7, 11) is 0. The summed E-state index contributed by atoms with van der Waals surface area (Å²) in [5, 5.41) is 3.42. The quantitative estimate of drug-likeness (QED) is 0.460. The van der Waals surface area contributed by atoms with Gasteiger partial charge in [0, 0.05) is 29.9 Å². The fraction of sp³-hybridized carbons (Fsp3) is 0.300. The van der Waals surface area contributed by atoms with Gasteiger partial charge in [-0.05, 0) is 25.1 Å². The molecule has 32 heavy (non-hydrogen) atoms. The molecule has 3 rings (SSSR count). The van der Waals surface area contributed by atoms with Gasteiger partial charge in [-0.15, -0.1) is 11.3 Å². The lowest BCUT2D eigenvalue weighted by atomic mass is 10.2. The molecule has 170 valence electrons. The second-order valence-corrected chi connectivity index (χ2v) is 8.39. The number of nitrogens with zero attached hydrogens (tertiary/aromatic N) is 3. The van der Waals surface area contributed by atoms with E-state index in [1.165, 1.54) is 23.6 Å². The molecule has 0 bridgehead atoms. The van der Waals surface area contributed by atoms with E-state index in [4.69, 9.17) is 4.74 Å². The first-order valence-corrected chi connectivity index (χ1v) is 11.0. The molecule has 2 aromatic heterocycles. The van der Waals surface area contributed by atoms with Crippen LogP contribution in [0.4, 0.5) is 24.0 Å². The second-order valence-electron chi connectivity index (χ2n) is 6.73. The minimum atomic E-state index is -4.55. The summed E-state index contributed by atoms with van der Waals surface area (Å²) in [6.07, 6.45) is -4.55. The summed E-state index contributed by atoms with van der Waals surface area (Å²) in [5.74, 6) is -1.04. The minimum absolute atomic E-state index is 0.00171. The van der Waals surface area contributed by atoms with Crippen LogP contribution >= 0.6 is 22.7 Å². The van der Waals surface area contributed by atoms with Crippen LogP contribution in [0, 0.1) is 6.92 Å². The molecule has 0 saturated heterocycles. The predicted octanol–water partition coefficient (Wildman–Crippen LogP) is 4.51. The number of halogens is 3. The standard InChI is InChI=1S/C20H18F3N3O4S2/c1-12-10-32-19(29)25(12)7-6-17(28)30-9-15-11-31-18(24-15)26(13(2)27)16-5-3-4-14(8-16)20(21,22)23/h3-5,8,10-11H,6-7,9H2,1-2H3. The van der Waals surface area contributed by atoms with E-state index in [0.717, 1.165) is 45.4 Å². The number of alkyl halides is 3. The number of carbonyl (C=O) groups excluding carboxylic acids is 2. The van der Waals surface area contributed by atoms with Crippen LogP contribution in [-0.2, 0) is 33.7 Å². The molecule has 1 aromatic carbocycles. The summed E-state index contributed by atoms with van der Waals surface area (Å²) in [6.45, 7) is 3.02. The van der Waals surface area contributed by atoms with Gasteiger partial charge in [-0.3, -0.25) is 19.3 Å². The summed E-state index contributed by atoms with van der Waals surface area (Å²) in [4.78, 5) is 40.9. The zero-order valence-electron chi connectivity index (χ0n) is 17.0. The van der Waals surface area contributed by atoms with Gasteiger partial charge in [0.25, 0.3) is 0 Å². The zero-order valence-corrected chi connectivity index (χ0v) is 18.6. The third kappa shape index (κ3) is 5.62. The van der Waals surface area contributed by atoms with Crippen LogP contribution < -0.4 is 9.77 Å². The third-order valence-corrected chi connectivity index (χ3v) is 6.13.